The summed E-state index contributed by atoms with van der Waals surface area (Å²) >= 11 is 0. The van der Waals surface area contributed by atoms with E-state index < -0.39 is 0 Å². The van der Waals surface area contributed by atoms with Crippen molar-refractivity contribution in [1.82, 2.24) is 42.9 Å². The molecule has 0 aromatic carbocycles. The van der Waals surface area contributed by atoms with Crippen molar-refractivity contribution in [3.8, 4) is 0 Å². The molecule has 0 fully saturated rings. The molecular weight excluding hydrogens is 643 g/mol. The molecular formula is C43H69N9. The van der Waals surface area contributed by atoms with Gasteiger partial charge in [-0.3, -0.25) is 0 Å². The largest absolute Gasteiger partial charge is 0.306 e. The Morgan fingerprint density at radius 3 is 1.77 bits per heavy atom. The number of aryl methyl sites for hydroxylation is 2. The first-order chi connectivity index (χ1) is 24.7. The van der Waals surface area contributed by atoms with Crippen LogP contribution < -0.4 is 0 Å². The Hall–Kier alpha value is -4.05. The summed E-state index contributed by atoms with van der Waals surface area (Å²) in [7, 11) is 12.6. The second kappa shape index (κ2) is 20.9. The Morgan fingerprint density at radius 1 is 0.615 bits per heavy atom. The molecule has 0 saturated carbocycles. The van der Waals surface area contributed by atoms with E-state index >= 15 is 0 Å². The van der Waals surface area contributed by atoms with Crippen LogP contribution in [0.1, 0.15) is 84.1 Å². The molecule has 2 unspecified atom stereocenters. The van der Waals surface area contributed by atoms with E-state index in [2.05, 4.69) is 175 Å². The van der Waals surface area contributed by atoms with Crippen LogP contribution in [0.2, 0.25) is 0 Å². The Labute approximate surface area is 315 Å². The molecule has 0 bridgehead atoms. The fourth-order valence-corrected chi connectivity index (χ4v) is 5.37. The predicted molar refractivity (Wildman–Crippen MR) is 223 cm³/mol. The number of nitrogens with zero attached hydrogens (tertiary/aromatic N) is 9. The number of fused-ring (bicyclic) bond motifs is 3. The fourth-order valence-electron chi connectivity index (χ4n) is 5.37. The molecule has 2 atom stereocenters. The fraction of sp³-hybridized carbons (Fsp3) is 0.512. The number of pyridine rings is 3. The van der Waals surface area contributed by atoms with Gasteiger partial charge >= 0.3 is 0 Å². The van der Waals surface area contributed by atoms with E-state index in [0.29, 0.717) is 12.1 Å². The van der Waals surface area contributed by atoms with Gasteiger partial charge < -0.3 is 27.9 Å². The number of imidazole rings is 3. The molecule has 9 heteroatoms. The first-order valence-corrected chi connectivity index (χ1v) is 18.9. The molecule has 0 aliphatic rings. The van der Waals surface area contributed by atoms with Crippen LogP contribution in [0.5, 0.6) is 0 Å². The minimum atomic E-state index is 0.122. The van der Waals surface area contributed by atoms with Gasteiger partial charge in [-0.05, 0) is 120 Å². The summed E-state index contributed by atoms with van der Waals surface area (Å²) in [6.45, 7) is 21.2. The third-order valence-corrected chi connectivity index (χ3v) is 9.71. The molecule has 0 amide bonds. The molecule has 286 valence electrons. The molecule has 0 saturated heterocycles. The van der Waals surface area contributed by atoms with Crippen LogP contribution >= 0.6 is 0 Å². The zero-order chi connectivity index (χ0) is 39.2. The first-order valence-electron chi connectivity index (χ1n) is 18.9. The van der Waals surface area contributed by atoms with Crippen LogP contribution in [0.15, 0.2) is 79.5 Å². The van der Waals surface area contributed by atoms with E-state index in [0.717, 1.165) is 42.3 Å². The van der Waals surface area contributed by atoms with Gasteiger partial charge in [0.2, 0.25) is 0 Å². The Bertz CT molecular complexity index is 1890. The monoisotopic (exact) mass is 712 g/mol. The normalized spacial score (nSPS) is 12.4. The molecule has 52 heavy (non-hydrogen) atoms. The molecule has 6 heterocycles. The van der Waals surface area contributed by atoms with Gasteiger partial charge in [-0.1, -0.05) is 45.9 Å². The van der Waals surface area contributed by atoms with Crippen LogP contribution in [0.25, 0.3) is 16.6 Å². The smallest absolute Gasteiger partial charge is 0.115 e. The van der Waals surface area contributed by atoms with Gasteiger partial charge in [0.1, 0.15) is 17.5 Å². The van der Waals surface area contributed by atoms with E-state index in [1.165, 1.54) is 22.3 Å². The van der Waals surface area contributed by atoms with E-state index in [9.17, 15) is 0 Å². The highest BCUT2D eigenvalue weighted by Crippen LogP contribution is 2.18. The molecule has 0 N–H and O–H groups in total. The third kappa shape index (κ3) is 11.7. The quantitative estimate of drug-likeness (QED) is 0.150. The second-order valence-corrected chi connectivity index (χ2v) is 14.3. The minimum Gasteiger partial charge on any atom is -0.306 e. The lowest BCUT2D eigenvalue weighted by Gasteiger charge is -2.31. The summed E-state index contributed by atoms with van der Waals surface area (Å²) in [6.07, 6.45) is 12.9. The summed E-state index contributed by atoms with van der Waals surface area (Å²) < 4.78 is 6.58. The summed E-state index contributed by atoms with van der Waals surface area (Å²) in [6, 6.07) is 17.7. The minimum absolute atomic E-state index is 0.122. The van der Waals surface area contributed by atoms with Crippen molar-refractivity contribution in [1.29, 1.82) is 0 Å². The maximum absolute atomic E-state index is 4.51. The Kier molecular flexibility index (Phi) is 17.7. The lowest BCUT2D eigenvalue weighted by atomic mass is 9.99. The van der Waals surface area contributed by atoms with Crippen LogP contribution in [-0.4, -0.2) is 103 Å². The van der Waals surface area contributed by atoms with Crippen LogP contribution in [0.4, 0.5) is 0 Å². The predicted octanol–water partition coefficient (Wildman–Crippen LogP) is 8.54. The molecule has 6 rings (SSSR count). The summed E-state index contributed by atoms with van der Waals surface area (Å²) in [4.78, 5) is 20.2. The van der Waals surface area contributed by atoms with Gasteiger partial charge in [-0.2, -0.15) is 0 Å². The zero-order valence-electron chi connectivity index (χ0n) is 35.3. The van der Waals surface area contributed by atoms with Crippen molar-refractivity contribution >= 4 is 16.6 Å². The Balaban J connectivity index is 0.000000257. The molecule has 0 aliphatic carbocycles. The van der Waals surface area contributed by atoms with Crippen molar-refractivity contribution in [2.45, 2.75) is 106 Å². The number of likely N-dealkylation sites (N-methyl/N-ethyl adjacent to an activating group) is 3. The van der Waals surface area contributed by atoms with E-state index in [-0.39, 0.29) is 5.54 Å². The molecule has 6 aromatic rings. The summed E-state index contributed by atoms with van der Waals surface area (Å²) in [5.74, 6) is 3.41. The highest BCUT2D eigenvalue weighted by molar-refractivity contribution is 5.53. The standard InChI is InChI=1S/3C13H19N3.2C2H6/c1-10-6-5-7-16-12(10)9-14-13(16)8-11(2)15(3)4;1-10-6-5-7-12-9-14-13(16(10)12)8-11(2)15(3)4;1-13(2,15(3)4)9-12-14-10-11-7-5-6-8-16(11)12;2*1-2/h2*5-7,9,11H,8H2,1-4H3;5-8,10H,9H2,1-4H3;2*1-2H3. The van der Waals surface area contributed by atoms with Crippen molar-refractivity contribution in [3.63, 3.8) is 0 Å². The van der Waals surface area contributed by atoms with Gasteiger partial charge in [0, 0.05) is 55.0 Å². The zero-order valence-corrected chi connectivity index (χ0v) is 35.3. The van der Waals surface area contributed by atoms with E-state index in [4.69, 9.17) is 0 Å². The summed E-state index contributed by atoms with van der Waals surface area (Å²) in [5, 5.41) is 0. The highest BCUT2D eigenvalue weighted by atomic mass is 15.1. The van der Waals surface area contributed by atoms with Crippen LogP contribution in [-0.2, 0) is 19.3 Å². The first kappa shape index (κ1) is 44.1. The number of hydrogen-bond donors (Lipinski definition) is 0. The SMILES string of the molecule is CC.CC.CN(C)C(C)(C)Cc1ncc2ccccn12.Cc1cccc2cnc(CC(C)N(C)C)n12.Cc1cccn2c(CC(C)N(C)C)ncc12. The van der Waals surface area contributed by atoms with Crippen LogP contribution in [0, 0.1) is 13.8 Å². The lowest BCUT2D eigenvalue weighted by molar-refractivity contribution is 0.191. The third-order valence-electron chi connectivity index (χ3n) is 9.71. The Morgan fingerprint density at radius 2 is 1.15 bits per heavy atom. The van der Waals surface area contributed by atoms with Crippen molar-refractivity contribution in [2.24, 2.45) is 0 Å². The van der Waals surface area contributed by atoms with Gasteiger partial charge in [0.25, 0.3) is 0 Å². The van der Waals surface area contributed by atoms with Crippen molar-refractivity contribution in [2.75, 3.05) is 42.3 Å². The molecule has 0 spiro atoms. The van der Waals surface area contributed by atoms with Gasteiger partial charge in [-0.25, -0.2) is 15.0 Å². The maximum atomic E-state index is 4.51. The van der Waals surface area contributed by atoms with E-state index in [1.54, 1.807) is 0 Å². The van der Waals surface area contributed by atoms with Gasteiger partial charge in [-0.15, -0.1) is 0 Å². The number of aromatic nitrogens is 6. The molecule has 0 aliphatic heterocycles. The average Bonchev–Trinajstić information content (AvgIpc) is 3.85. The second-order valence-electron chi connectivity index (χ2n) is 14.3. The molecule has 6 aromatic heterocycles. The highest BCUT2D eigenvalue weighted by Gasteiger charge is 2.23. The van der Waals surface area contributed by atoms with Crippen LogP contribution in [0.3, 0.4) is 0 Å². The average molecular weight is 712 g/mol. The van der Waals surface area contributed by atoms with Gasteiger partial charge in [0.05, 0.1) is 35.1 Å². The number of rotatable bonds is 9. The summed E-state index contributed by atoms with van der Waals surface area (Å²) in [5.41, 5.74) is 6.20. The van der Waals surface area contributed by atoms with Gasteiger partial charge in [0.15, 0.2) is 0 Å². The van der Waals surface area contributed by atoms with Crippen molar-refractivity contribution < 1.29 is 0 Å². The topological polar surface area (TPSA) is 61.6 Å². The van der Waals surface area contributed by atoms with Crippen molar-refractivity contribution in [3.05, 3.63) is 108 Å². The lowest BCUT2D eigenvalue weighted by Crippen LogP contribution is -2.40. The maximum Gasteiger partial charge on any atom is 0.115 e. The number of hydrogen-bond acceptors (Lipinski definition) is 6. The molecule has 9 nitrogen and oxygen atoms in total. The molecule has 0 radical (unpaired) electrons. The van der Waals surface area contributed by atoms with E-state index in [1.807, 2.05) is 58.4 Å².